The van der Waals surface area contributed by atoms with Gasteiger partial charge in [-0.3, -0.25) is 19.5 Å². The zero-order valence-electron chi connectivity index (χ0n) is 17.2. The number of fused-ring (bicyclic) bond motifs is 2. The van der Waals surface area contributed by atoms with E-state index in [0.717, 1.165) is 37.9 Å². The number of aromatic nitrogens is 2. The molecule has 160 valence electrons. The van der Waals surface area contributed by atoms with E-state index in [9.17, 15) is 19.2 Å². The van der Waals surface area contributed by atoms with Gasteiger partial charge in [0.15, 0.2) is 6.61 Å². The average Bonchev–Trinajstić information content (AvgIpc) is 2.66. The maximum Gasteiger partial charge on any atom is 0.338 e. The molecule has 0 atom stereocenters. The van der Waals surface area contributed by atoms with Gasteiger partial charge < -0.3 is 10.1 Å². The number of carbonyl (C=O) groups is 3. The zero-order chi connectivity index (χ0) is 21.7. The van der Waals surface area contributed by atoms with E-state index in [1.54, 1.807) is 24.5 Å². The lowest BCUT2D eigenvalue weighted by Crippen LogP contribution is -2.44. The molecule has 0 saturated carbocycles. The SMILES string of the molecule is CC(C)NC(=O)NC(=O)COC(=O)c1ccc2c(=O)n3c(nc2c1)CCCCCC3. The molecule has 3 rings (SSSR count). The van der Waals surface area contributed by atoms with E-state index < -0.39 is 24.5 Å². The van der Waals surface area contributed by atoms with Crippen molar-refractivity contribution in [2.75, 3.05) is 6.61 Å². The summed E-state index contributed by atoms with van der Waals surface area (Å²) < 4.78 is 6.71. The third-order valence-electron chi connectivity index (χ3n) is 4.81. The molecule has 2 heterocycles. The van der Waals surface area contributed by atoms with Crippen molar-refractivity contribution >= 4 is 28.8 Å². The summed E-state index contributed by atoms with van der Waals surface area (Å²) in [7, 11) is 0. The predicted octanol–water partition coefficient (Wildman–Crippen LogP) is 1.90. The molecule has 2 aromatic rings. The monoisotopic (exact) mass is 414 g/mol. The molecule has 0 spiro atoms. The number of ether oxygens (including phenoxy) is 1. The van der Waals surface area contributed by atoms with Crippen LogP contribution in [0.1, 0.15) is 55.7 Å². The topological polar surface area (TPSA) is 119 Å². The number of hydrogen-bond donors (Lipinski definition) is 2. The van der Waals surface area contributed by atoms with Crippen molar-refractivity contribution < 1.29 is 19.1 Å². The number of benzene rings is 1. The highest BCUT2D eigenvalue weighted by Gasteiger charge is 2.17. The minimum Gasteiger partial charge on any atom is -0.452 e. The van der Waals surface area contributed by atoms with Gasteiger partial charge in [0.1, 0.15) is 5.82 Å². The van der Waals surface area contributed by atoms with Crippen LogP contribution in [-0.4, -0.2) is 40.1 Å². The minimum absolute atomic E-state index is 0.104. The molecule has 30 heavy (non-hydrogen) atoms. The second-order valence-corrected chi connectivity index (χ2v) is 7.63. The van der Waals surface area contributed by atoms with Crippen LogP contribution in [-0.2, 0) is 22.5 Å². The van der Waals surface area contributed by atoms with Gasteiger partial charge in [-0.2, -0.15) is 0 Å². The first-order chi connectivity index (χ1) is 14.3. The lowest BCUT2D eigenvalue weighted by molar-refractivity contribution is -0.123. The van der Waals surface area contributed by atoms with E-state index in [2.05, 4.69) is 15.6 Å². The normalized spacial score (nSPS) is 13.8. The average molecular weight is 414 g/mol. The summed E-state index contributed by atoms with van der Waals surface area (Å²) in [5.74, 6) is -0.738. The second-order valence-electron chi connectivity index (χ2n) is 7.63. The molecule has 9 nitrogen and oxygen atoms in total. The van der Waals surface area contributed by atoms with Crippen LogP contribution in [0.2, 0.25) is 0 Å². The van der Waals surface area contributed by atoms with Crippen LogP contribution in [0.25, 0.3) is 10.9 Å². The van der Waals surface area contributed by atoms with Crippen LogP contribution in [0.3, 0.4) is 0 Å². The number of nitrogens with zero attached hydrogens (tertiary/aromatic N) is 2. The molecule has 1 aliphatic heterocycles. The van der Waals surface area contributed by atoms with Crippen LogP contribution >= 0.6 is 0 Å². The van der Waals surface area contributed by atoms with Gasteiger partial charge in [0.05, 0.1) is 16.5 Å². The molecule has 0 bridgehead atoms. The quantitative estimate of drug-likeness (QED) is 0.738. The summed E-state index contributed by atoms with van der Waals surface area (Å²) in [6, 6.07) is 3.75. The number of carbonyl (C=O) groups excluding carboxylic acids is 3. The smallest absolute Gasteiger partial charge is 0.338 e. The highest BCUT2D eigenvalue weighted by atomic mass is 16.5. The van der Waals surface area contributed by atoms with Crippen molar-refractivity contribution in [1.29, 1.82) is 0 Å². The Labute approximate surface area is 173 Å². The number of imide groups is 1. The van der Waals surface area contributed by atoms with E-state index in [1.165, 1.54) is 12.1 Å². The maximum absolute atomic E-state index is 12.8. The first kappa shape index (κ1) is 21.5. The van der Waals surface area contributed by atoms with E-state index in [-0.39, 0.29) is 17.2 Å². The largest absolute Gasteiger partial charge is 0.452 e. The fourth-order valence-corrected chi connectivity index (χ4v) is 3.40. The first-order valence-corrected chi connectivity index (χ1v) is 10.2. The van der Waals surface area contributed by atoms with Crippen LogP contribution in [0, 0.1) is 0 Å². The van der Waals surface area contributed by atoms with Crippen molar-refractivity contribution in [3.63, 3.8) is 0 Å². The minimum atomic E-state index is -0.736. The Kier molecular flexibility index (Phi) is 6.81. The molecule has 1 aromatic carbocycles. The summed E-state index contributed by atoms with van der Waals surface area (Å²) in [5.41, 5.74) is 0.513. The van der Waals surface area contributed by atoms with Gasteiger partial charge in [-0.25, -0.2) is 14.6 Å². The Morgan fingerprint density at radius 3 is 2.70 bits per heavy atom. The Bertz CT molecular complexity index is 1030. The summed E-state index contributed by atoms with van der Waals surface area (Å²) in [6.45, 7) is 3.57. The molecular formula is C21H26N4O5. The number of esters is 1. The third kappa shape index (κ3) is 5.22. The zero-order valence-corrected chi connectivity index (χ0v) is 17.2. The highest BCUT2D eigenvalue weighted by Crippen LogP contribution is 2.16. The fraction of sp³-hybridized carbons (Fsp3) is 0.476. The van der Waals surface area contributed by atoms with Crippen molar-refractivity contribution in [2.45, 2.75) is 58.5 Å². The van der Waals surface area contributed by atoms with E-state index >= 15 is 0 Å². The molecule has 2 N–H and O–H groups in total. The number of aryl methyl sites for hydroxylation is 1. The van der Waals surface area contributed by atoms with Crippen molar-refractivity contribution in [3.05, 3.63) is 39.9 Å². The fourth-order valence-electron chi connectivity index (χ4n) is 3.40. The summed E-state index contributed by atoms with van der Waals surface area (Å²) in [5, 5.41) is 5.02. The van der Waals surface area contributed by atoms with Gasteiger partial charge in [-0.1, -0.05) is 12.8 Å². The van der Waals surface area contributed by atoms with Gasteiger partial charge in [0.25, 0.3) is 11.5 Å². The molecule has 0 fully saturated rings. The standard InChI is InChI=1S/C21H26N4O5/c1-13(2)22-21(29)24-18(26)12-30-20(28)14-8-9-15-16(11-14)23-17-7-5-3-4-6-10-25(17)19(15)27/h8-9,11,13H,3-7,10,12H2,1-2H3,(H2,22,24,26,29). The van der Waals surface area contributed by atoms with E-state index in [4.69, 9.17) is 4.74 Å². The molecule has 1 aliphatic rings. The molecule has 3 amide bonds. The lowest BCUT2D eigenvalue weighted by Gasteiger charge is -2.16. The molecule has 0 aliphatic carbocycles. The maximum atomic E-state index is 12.8. The molecule has 1 aromatic heterocycles. The molecular weight excluding hydrogens is 388 g/mol. The Morgan fingerprint density at radius 1 is 1.17 bits per heavy atom. The molecule has 0 radical (unpaired) electrons. The number of urea groups is 1. The summed E-state index contributed by atoms with van der Waals surface area (Å²) in [4.78, 5) is 53.0. The molecule has 0 unspecified atom stereocenters. The van der Waals surface area contributed by atoms with Crippen molar-refractivity contribution in [2.24, 2.45) is 0 Å². The molecule has 0 saturated heterocycles. The van der Waals surface area contributed by atoms with Crippen molar-refractivity contribution in [3.8, 4) is 0 Å². The lowest BCUT2D eigenvalue weighted by atomic mass is 10.1. The van der Waals surface area contributed by atoms with Gasteiger partial charge >= 0.3 is 12.0 Å². The van der Waals surface area contributed by atoms with Gasteiger partial charge in [-0.05, 0) is 44.9 Å². The number of rotatable bonds is 4. The van der Waals surface area contributed by atoms with Gasteiger partial charge in [0.2, 0.25) is 0 Å². The van der Waals surface area contributed by atoms with Crippen LogP contribution < -0.4 is 16.2 Å². The van der Waals surface area contributed by atoms with E-state index in [0.29, 0.717) is 17.4 Å². The summed E-state index contributed by atoms with van der Waals surface area (Å²) >= 11 is 0. The Hall–Kier alpha value is -3.23. The predicted molar refractivity (Wildman–Crippen MR) is 110 cm³/mol. The number of nitrogens with one attached hydrogen (secondary N) is 2. The third-order valence-corrected chi connectivity index (χ3v) is 4.81. The number of hydrogen-bond acceptors (Lipinski definition) is 6. The Balaban J connectivity index is 1.72. The van der Waals surface area contributed by atoms with Gasteiger partial charge in [-0.15, -0.1) is 0 Å². The van der Waals surface area contributed by atoms with Crippen LogP contribution in [0.15, 0.2) is 23.0 Å². The second kappa shape index (κ2) is 9.51. The van der Waals surface area contributed by atoms with E-state index in [1.807, 2.05) is 0 Å². The van der Waals surface area contributed by atoms with Crippen LogP contribution in [0.4, 0.5) is 4.79 Å². The first-order valence-electron chi connectivity index (χ1n) is 10.2. The van der Waals surface area contributed by atoms with Crippen molar-refractivity contribution in [1.82, 2.24) is 20.2 Å². The molecule has 9 heteroatoms. The Morgan fingerprint density at radius 2 is 1.93 bits per heavy atom. The van der Waals surface area contributed by atoms with Crippen LogP contribution in [0.5, 0.6) is 0 Å². The number of amides is 3. The highest BCUT2D eigenvalue weighted by molar-refractivity contribution is 5.98. The van der Waals surface area contributed by atoms with Gasteiger partial charge in [0, 0.05) is 19.0 Å². The summed E-state index contributed by atoms with van der Waals surface area (Å²) in [6.07, 6.45) is 4.85.